The number of ether oxygens (including phenoxy) is 1. The van der Waals surface area contributed by atoms with Crippen LogP contribution in [0.4, 0.5) is 0 Å². The number of aryl methyl sites for hydroxylation is 2. The quantitative estimate of drug-likeness (QED) is 0.817. The molecule has 27 heavy (non-hydrogen) atoms. The van der Waals surface area contributed by atoms with Crippen molar-refractivity contribution in [3.05, 3.63) is 58.9 Å². The zero-order valence-corrected chi connectivity index (χ0v) is 15.6. The van der Waals surface area contributed by atoms with Gasteiger partial charge in [0.25, 0.3) is 5.91 Å². The maximum absolute atomic E-state index is 12.6. The topological polar surface area (TPSA) is 88.5 Å². The van der Waals surface area contributed by atoms with Crippen LogP contribution >= 0.6 is 0 Å². The van der Waals surface area contributed by atoms with Gasteiger partial charge in [-0.2, -0.15) is 0 Å². The minimum Gasteiger partial charge on any atom is -0.488 e. The molecule has 2 atom stereocenters. The Morgan fingerprint density at radius 1 is 1.26 bits per heavy atom. The van der Waals surface area contributed by atoms with Crippen LogP contribution in [-0.2, 0) is 11.4 Å². The van der Waals surface area contributed by atoms with Crippen molar-refractivity contribution in [2.24, 2.45) is 5.92 Å². The van der Waals surface area contributed by atoms with Crippen molar-refractivity contribution in [1.29, 1.82) is 0 Å². The number of aliphatic carboxylic acids is 1. The molecule has 2 aromatic rings. The van der Waals surface area contributed by atoms with Gasteiger partial charge in [0.2, 0.25) is 0 Å². The molecule has 3 rings (SSSR count). The lowest BCUT2D eigenvalue weighted by Crippen LogP contribution is -2.33. The van der Waals surface area contributed by atoms with Crippen molar-refractivity contribution < 1.29 is 19.4 Å². The summed E-state index contributed by atoms with van der Waals surface area (Å²) in [6.45, 7) is 4.25. The van der Waals surface area contributed by atoms with Gasteiger partial charge >= 0.3 is 5.97 Å². The highest BCUT2D eigenvalue weighted by molar-refractivity contribution is 5.95. The molecule has 1 aliphatic rings. The molecule has 1 amide bonds. The highest BCUT2D eigenvalue weighted by atomic mass is 16.5. The number of aromatic nitrogens is 1. The smallest absolute Gasteiger partial charge is 0.306 e. The Morgan fingerprint density at radius 3 is 2.59 bits per heavy atom. The highest BCUT2D eigenvalue weighted by Gasteiger charge is 2.30. The fourth-order valence-electron chi connectivity index (χ4n) is 3.55. The van der Waals surface area contributed by atoms with Gasteiger partial charge in [-0.1, -0.05) is 6.07 Å². The summed E-state index contributed by atoms with van der Waals surface area (Å²) in [5, 5.41) is 12.0. The second-order valence-corrected chi connectivity index (χ2v) is 7.11. The van der Waals surface area contributed by atoms with E-state index in [1.165, 1.54) is 0 Å². The van der Waals surface area contributed by atoms with Crippen molar-refractivity contribution in [3.8, 4) is 5.75 Å². The van der Waals surface area contributed by atoms with Crippen LogP contribution in [0.5, 0.6) is 5.75 Å². The third kappa shape index (κ3) is 4.64. The van der Waals surface area contributed by atoms with Gasteiger partial charge in [0.15, 0.2) is 0 Å². The van der Waals surface area contributed by atoms with Gasteiger partial charge in [-0.05, 0) is 62.4 Å². The van der Waals surface area contributed by atoms with Crippen LogP contribution in [0.1, 0.15) is 46.3 Å². The standard InChI is InChI=1S/C21H24N2O4/c1-13-8-17(20(24)23-18-6-5-16(10-18)21(25)26)9-14(2)19(13)27-12-15-4-3-7-22-11-15/h3-4,7-9,11,16,18H,5-6,10,12H2,1-2H3,(H,23,24)(H,25,26)/t16-,18+/m1/s1. The molecule has 0 unspecified atom stereocenters. The summed E-state index contributed by atoms with van der Waals surface area (Å²) in [5.41, 5.74) is 3.32. The highest BCUT2D eigenvalue weighted by Crippen LogP contribution is 2.28. The third-order valence-electron chi connectivity index (χ3n) is 4.95. The summed E-state index contributed by atoms with van der Waals surface area (Å²) in [4.78, 5) is 27.7. The Labute approximate surface area is 158 Å². The SMILES string of the molecule is Cc1cc(C(=O)N[C@H]2CC[C@@H](C(=O)O)C2)cc(C)c1OCc1cccnc1. The first-order valence-corrected chi connectivity index (χ1v) is 9.10. The second kappa shape index (κ2) is 8.20. The lowest BCUT2D eigenvalue weighted by molar-refractivity contribution is -0.141. The first kappa shape index (κ1) is 18.9. The molecule has 1 aromatic heterocycles. The zero-order valence-electron chi connectivity index (χ0n) is 15.6. The van der Waals surface area contributed by atoms with Crippen LogP contribution in [0.25, 0.3) is 0 Å². The number of hydrogen-bond acceptors (Lipinski definition) is 4. The predicted molar refractivity (Wildman–Crippen MR) is 101 cm³/mol. The van der Waals surface area contributed by atoms with Crippen molar-refractivity contribution in [2.45, 2.75) is 45.8 Å². The van der Waals surface area contributed by atoms with E-state index in [-0.39, 0.29) is 17.9 Å². The Bertz CT molecular complexity index is 812. The third-order valence-corrected chi connectivity index (χ3v) is 4.95. The van der Waals surface area contributed by atoms with Crippen LogP contribution in [0.2, 0.25) is 0 Å². The van der Waals surface area contributed by atoms with E-state index >= 15 is 0 Å². The fourth-order valence-corrected chi connectivity index (χ4v) is 3.55. The average molecular weight is 368 g/mol. The summed E-state index contributed by atoms with van der Waals surface area (Å²) >= 11 is 0. The summed E-state index contributed by atoms with van der Waals surface area (Å²) in [6, 6.07) is 7.35. The largest absolute Gasteiger partial charge is 0.488 e. The van der Waals surface area contributed by atoms with Gasteiger partial charge in [-0.25, -0.2) is 0 Å². The first-order chi connectivity index (χ1) is 12.9. The maximum Gasteiger partial charge on any atom is 0.306 e. The van der Waals surface area contributed by atoms with E-state index < -0.39 is 5.97 Å². The minimum atomic E-state index is -0.784. The molecule has 0 aliphatic heterocycles. The number of carbonyl (C=O) groups excluding carboxylic acids is 1. The lowest BCUT2D eigenvalue weighted by atomic mass is 10.0. The van der Waals surface area contributed by atoms with Crippen molar-refractivity contribution in [1.82, 2.24) is 10.3 Å². The predicted octanol–water partition coefficient (Wildman–Crippen LogP) is 3.26. The molecule has 1 aromatic carbocycles. The van der Waals surface area contributed by atoms with E-state index in [1.54, 1.807) is 12.4 Å². The summed E-state index contributed by atoms with van der Waals surface area (Å²) in [6.07, 6.45) is 5.28. The number of amides is 1. The molecule has 0 spiro atoms. The molecule has 2 N–H and O–H groups in total. The Balaban J connectivity index is 1.65. The fraction of sp³-hybridized carbons (Fsp3) is 0.381. The van der Waals surface area contributed by atoms with E-state index in [9.17, 15) is 9.59 Å². The monoisotopic (exact) mass is 368 g/mol. The molecule has 1 saturated carbocycles. The second-order valence-electron chi connectivity index (χ2n) is 7.11. The molecule has 6 heteroatoms. The van der Waals surface area contributed by atoms with Crippen LogP contribution in [0.15, 0.2) is 36.7 Å². The Kier molecular flexibility index (Phi) is 5.74. The van der Waals surface area contributed by atoms with Gasteiger partial charge in [-0.15, -0.1) is 0 Å². The Morgan fingerprint density at radius 2 is 2.00 bits per heavy atom. The van der Waals surface area contributed by atoms with E-state index in [0.29, 0.717) is 31.4 Å². The lowest BCUT2D eigenvalue weighted by Gasteiger charge is -2.16. The van der Waals surface area contributed by atoms with Gasteiger partial charge < -0.3 is 15.2 Å². The van der Waals surface area contributed by atoms with Crippen LogP contribution in [-0.4, -0.2) is 28.0 Å². The van der Waals surface area contributed by atoms with Gasteiger partial charge in [0.05, 0.1) is 5.92 Å². The maximum atomic E-state index is 12.6. The molecular weight excluding hydrogens is 344 g/mol. The number of carboxylic acids is 1. The number of carboxylic acid groups (broad SMARTS) is 1. The first-order valence-electron chi connectivity index (χ1n) is 9.10. The van der Waals surface area contributed by atoms with Gasteiger partial charge in [-0.3, -0.25) is 14.6 Å². The normalized spacial score (nSPS) is 18.9. The molecule has 0 radical (unpaired) electrons. The summed E-state index contributed by atoms with van der Waals surface area (Å²) in [7, 11) is 0. The van der Waals surface area contributed by atoms with Gasteiger partial charge in [0.1, 0.15) is 12.4 Å². The molecular formula is C21H24N2O4. The number of nitrogens with zero attached hydrogens (tertiary/aromatic N) is 1. The summed E-state index contributed by atoms with van der Waals surface area (Å²) in [5.74, 6) is -0.547. The van der Waals surface area contributed by atoms with Crippen LogP contribution < -0.4 is 10.1 Å². The number of nitrogens with one attached hydrogen (secondary N) is 1. The van der Waals surface area contributed by atoms with E-state index in [4.69, 9.17) is 9.84 Å². The molecule has 0 bridgehead atoms. The zero-order chi connectivity index (χ0) is 19.4. The van der Waals surface area contributed by atoms with Crippen molar-refractivity contribution in [3.63, 3.8) is 0 Å². The number of rotatable bonds is 6. The van der Waals surface area contributed by atoms with Crippen LogP contribution in [0, 0.1) is 19.8 Å². The van der Waals surface area contributed by atoms with E-state index in [1.807, 2.05) is 38.1 Å². The van der Waals surface area contributed by atoms with E-state index in [2.05, 4.69) is 10.3 Å². The van der Waals surface area contributed by atoms with Gasteiger partial charge in [0, 0.05) is 29.6 Å². The molecule has 142 valence electrons. The molecule has 1 heterocycles. The molecule has 6 nitrogen and oxygen atoms in total. The minimum absolute atomic E-state index is 0.0827. The Hall–Kier alpha value is -2.89. The molecule has 0 saturated heterocycles. The summed E-state index contributed by atoms with van der Waals surface area (Å²) < 4.78 is 5.93. The van der Waals surface area contributed by atoms with Crippen molar-refractivity contribution >= 4 is 11.9 Å². The number of hydrogen-bond donors (Lipinski definition) is 2. The average Bonchev–Trinajstić information content (AvgIpc) is 3.10. The van der Waals surface area contributed by atoms with E-state index in [0.717, 1.165) is 22.4 Å². The van der Waals surface area contributed by atoms with Crippen molar-refractivity contribution in [2.75, 3.05) is 0 Å². The number of carbonyl (C=O) groups is 2. The van der Waals surface area contributed by atoms with Crippen LogP contribution in [0.3, 0.4) is 0 Å². The molecule has 1 fully saturated rings. The molecule has 1 aliphatic carbocycles. The number of pyridine rings is 1. The number of benzene rings is 1.